The third-order valence-corrected chi connectivity index (χ3v) is 7.94. The van der Waals surface area contributed by atoms with Crippen LogP contribution in [0.15, 0.2) is 48.8 Å². The highest BCUT2D eigenvalue weighted by Crippen LogP contribution is 2.30. The molecule has 5 rings (SSSR count). The normalized spacial score (nSPS) is 16.8. The highest BCUT2D eigenvalue weighted by atomic mass is 16.6. The van der Waals surface area contributed by atoms with Crippen LogP contribution in [0.4, 0.5) is 10.5 Å². The van der Waals surface area contributed by atoms with Crippen LogP contribution in [0, 0.1) is 0 Å². The van der Waals surface area contributed by atoms with Crippen LogP contribution in [-0.4, -0.2) is 82.7 Å². The van der Waals surface area contributed by atoms with Crippen LogP contribution in [0.25, 0.3) is 22.2 Å². The van der Waals surface area contributed by atoms with Crippen molar-refractivity contribution in [2.45, 2.75) is 70.9 Å². The van der Waals surface area contributed by atoms with E-state index in [1.807, 2.05) is 57.3 Å². The maximum absolute atomic E-state index is 12.7. The molecule has 224 valence electrons. The van der Waals surface area contributed by atoms with Gasteiger partial charge in [0, 0.05) is 60.3 Å². The minimum atomic E-state index is -0.500. The molecule has 2 aliphatic rings. The van der Waals surface area contributed by atoms with Crippen molar-refractivity contribution < 1.29 is 14.3 Å². The molecule has 2 aliphatic heterocycles. The van der Waals surface area contributed by atoms with E-state index in [4.69, 9.17) is 9.72 Å². The molecule has 42 heavy (non-hydrogen) atoms. The van der Waals surface area contributed by atoms with Gasteiger partial charge >= 0.3 is 6.09 Å². The van der Waals surface area contributed by atoms with Crippen molar-refractivity contribution in [1.82, 2.24) is 25.1 Å². The van der Waals surface area contributed by atoms with Crippen LogP contribution in [-0.2, 0) is 4.74 Å². The monoisotopic (exact) mass is 572 g/mol. The predicted octanol–water partition coefficient (Wildman–Crippen LogP) is 5.71. The number of pyridine rings is 2. The predicted molar refractivity (Wildman–Crippen MR) is 167 cm³/mol. The number of ether oxygens (including phenoxy) is 1. The first-order valence-corrected chi connectivity index (χ1v) is 15.4. The van der Waals surface area contributed by atoms with E-state index in [2.05, 4.69) is 26.6 Å². The van der Waals surface area contributed by atoms with Crippen LogP contribution in [0.3, 0.4) is 0 Å². The van der Waals surface area contributed by atoms with Gasteiger partial charge in [-0.05, 0) is 96.8 Å². The molecule has 4 heterocycles. The first kappa shape index (κ1) is 29.8. The maximum Gasteiger partial charge on any atom is 0.410 e. The number of piperidine rings is 2. The number of anilines is 1. The molecule has 2 fully saturated rings. The molecule has 2 saturated heterocycles. The number of amides is 2. The second kappa shape index (κ2) is 13.5. The molecule has 9 heteroatoms. The zero-order valence-electron chi connectivity index (χ0n) is 25.2. The number of hydrogen-bond donors (Lipinski definition) is 2. The van der Waals surface area contributed by atoms with E-state index in [1.165, 1.54) is 32.4 Å². The van der Waals surface area contributed by atoms with Gasteiger partial charge in [0.05, 0.1) is 11.2 Å². The van der Waals surface area contributed by atoms with Gasteiger partial charge in [-0.1, -0.05) is 18.6 Å². The molecule has 2 aromatic heterocycles. The number of benzene rings is 1. The molecular weight excluding hydrogens is 528 g/mol. The lowest BCUT2D eigenvalue weighted by Crippen LogP contribution is -2.44. The molecule has 2 amide bonds. The van der Waals surface area contributed by atoms with E-state index < -0.39 is 5.60 Å². The molecular formula is C33H44N6O3. The Hall–Kier alpha value is -3.72. The number of hydrogen-bond acceptors (Lipinski definition) is 7. The summed E-state index contributed by atoms with van der Waals surface area (Å²) in [6.07, 6.45) is 9.85. The Labute approximate surface area is 249 Å². The summed E-state index contributed by atoms with van der Waals surface area (Å²) in [6, 6.07) is 11.8. The Morgan fingerprint density at radius 1 is 1.00 bits per heavy atom. The Kier molecular flexibility index (Phi) is 9.57. The summed E-state index contributed by atoms with van der Waals surface area (Å²) in [5.74, 6) is -0.0437. The number of rotatable bonds is 8. The van der Waals surface area contributed by atoms with Crippen LogP contribution < -0.4 is 10.6 Å². The first-order chi connectivity index (χ1) is 20.2. The number of carbonyl (C=O) groups is 2. The van der Waals surface area contributed by atoms with Gasteiger partial charge in [-0.15, -0.1) is 0 Å². The Morgan fingerprint density at radius 2 is 1.74 bits per heavy atom. The second-order valence-corrected chi connectivity index (χ2v) is 12.4. The molecule has 0 spiro atoms. The number of fused-ring (bicyclic) bond motifs is 1. The van der Waals surface area contributed by atoms with Crippen molar-refractivity contribution in [1.29, 1.82) is 0 Å². The van der Waals surface area contributed by atoms with E-state index in [0.717, 1.165) is 53.7 Å². The molecule has 0 unspecified atom stereocenters. The van der Waals surface area contributed by atoms with Crippen molar-refractivity contribution in [3.8, 4) is 11.3 Å². The third-order valence-electron chi connectivity index (χ3n) is 7.94. The topological polar surface area (TPSA) is 99.7 Å². The van der Waals surface area contributed by atoms with Gasteiger partial charge in [0.25, 0.3) is 5.91 Å². The lowest BCUT2D eigenvalue weighted by Gasteiger charge is -2.34. The maximum atomic E-state index is 12.7. The average molecular weight is 573 g/mol. The SMILES string of the molecule is CC(C)(C)OC(=O)N1CCC(Nc2cc(-c3ccc(C(=O)NCCCN4CCCCC4)cc3)nc3ccncc23)CC1. The standard InChI is InChI=1S/C33H44N6O3/c1-33(2,3)42-32(41)39-20-13-26(14-21-39)36-30-22-29(37-28-12-16-34-23-27(28)30)24-8-10-25(11-9-24)31(40)35-15-7-19-38-17-5-4-6-18-38/h8-12,16,22-23,26H,4-7,13-15,17-21H2,1-3H3,(H,35,40)(H,36,37). The highest BCUT2D eigenvalue weighted by Gasteiger charge is 2.27. The summed E-state index contributed by atoms with van der Waals surface area (Å²) in [4.78, 5) is 38.7. The fourth-order valence-electron chi connectivity index (χ4n) is 5.67. The molecule has 2 N–H and O–H groups in total. The van der Waals surface area contributed by atoms with Gasteiger partial charge in [0.15, 0.2) is 0 Å². The molecule has 0 atom stereocenters. The summed E-state index contributed by atoms with van der Waals surface area (Å²) in [6.45, 7) is 11.0. The average Bonchev–Trinajstić information content (AvgIpc) is 2.99. The number of nitrogens with zero attached hydrogens (tertiary/aromatic N) is 4. The van der Waals surface area contributed by atoms with Crippen molar-refractivity contribution in [2.24, 2.45) is 0 Å². The second-order valence-electron chi connectivity index (χ2n) is 12.4. The molecule has 3 aromatic rings. The zero-order valence-corrected chi connectivity index (χ0v) is 25.2. The molecule has 0 radical (unpaired) electrons. The molecule has 0 bridgehead atoms. The molecule has 0 saturated carbocycles. The van der Waals surface area contributed by atoms with E-state index in [-0.39, 0.29) is 18.0 Å². The summed E-state index contributed by atoms with van der Waals surface area (Å²) in [5, 5.41) is 7.72. The number of likely N-dealkylation sites (tertiary alicyclic amines) is 2. The Bertz CT molecular complexity index is 1360. The smallest absolute Gasteiger partial charge is 0.410 e. The van der Waals surface area contributed by atoms with Crippen molar-refractivity contribution in [3.05, 3.63) is 54.4 Å². The van der Waals surface area contributed by atoms with Gasteiger partial charge in [-0.25, -0.2) is 9.78 Å². The van der Waals surface area contributed by atoms with Gasteiger partial charge in [-0.2, -0.15) is 0 Å². The van der Waals surface area contributed by atoms with Crippen molar-refractivity contribution in [3.63, 3.8) is 0 Å². The quantitative estimate of drug-likeness (QED) is 0.333. The van der Waals surface area contributed by atoms with E-state index in [0.29, 0.717) is 25.2 Å². The van der Waals surface area contributed by atoms with Crippen LogP contribution in [0.1, 0.15) is 69.7 Å². The van der Waals surface area contributed by atoms with Crippen LogP contribution in [0.2, 0.25) is 0 Å². The molecule has 9 nitrogen and oxygen atoms in total. The summed E-state index contributed by atoms with van der Waals surface area (Å²) < 4.78 is 5.55. The van der Waals surface area contributed by atoms with Gasteiger partial charge in [-0.3, -0.25) is 9.78 Å². The third kappa shape index (κ3) is 7.97. The largest absolute Gasteiger partial charge is 0.444 e. The fourth-order valence-corrected chi connectivity index (χ4v) is 5.67. The molecule has 1 aromatic carbocycles. The zero-order chi connectivity index (χ0) is 29.5. The van der Waals surface area contributed by atoms with Crippen LogP contribution >= 0.6 is 0 Å². The van der Waals surface area contributed by atoms with Crippen LogP contribution in [0.5, 0.6) is 0 Å². The lowest BCUT2D eigenvalue weighted by molar-refractivity contribution is 0.0210. The van der Waals surface area contributed by atoms with Crippen molar-refractivity contribution in [2.75, 3.05) is 44.6 Å². The van der Waals surface area contributed by atoms with Gasteiger partial charge in [0.2, 0.25) is 0 Å². The Balaban J connectivity index is 1.21. The minimum absolute atomic E-state index is 0.0437. The van der Waals surface area contributed by atoms with Gasteiger partial charge in [0.1, 0.15) is 5.60 Å². The van der Waals surface area contributed by atoms with E-state index >= 15 is 0 Å². The Morgan fingerprint density at radius 3 is 2.45 bits per heavy atom. The van der Waals surface area contributed by atoms with Gasteiger partial charge < -0.3 is 25.2 Å². The molecule has 0 aliphatic carbocycles. The summed E-state index contributed by atoms with van der Waals surface area (Å²) in [7, 11) is 0. The first-order valence-electron chi connectivity index (χ1n) is 15.4. The number of aromatic nitrogens is 2. The summed E-state index contributed by atoms with van der Waals surface area (Å²) >= 11 is 0. The fraction of sp³-hybridized carbons (Fsp3) is 0.515. The number of nitrogens with one attached hydrogen (secondary N) is 2. The highest BCUT2D eigenvalue weighted by molar-refractivity contribution is 5.95. The number of carbonyl (C=O) groups excluding carboxylic acids is 2. The minimum Gasteiger partial charge on any atom is -0.444 e. The van der Waals surface area contributed by atoms with E-state index in [1.54, 1.807) is 11.1 Å². The summed E-state index contributed by atoms with van der Waals surface area (Å²) in [5.41, 5.74) is 3.74. The van der Waals surface area contributed by atoms with E-state index in [9.17, 15) is 9.59 Å². The van der Waals surface area contributed by atoms with Crippen molar-refractivity contribution >= 4 is 28.6 Å². The lowest BCUT2D eigenvalue weighted by atomic mass is 10.0.